The molecule has 3 aromatic carbocycles. The summed E-state index contributed by atoms with van der Waals surface area (Å²) in [6.45, 7) is 0.459. The Morgan fingerprint density at radius 3 is 2.19 bits per heavy atom. The minimum Gasteiger partial charge on any atom is -0.506 e. The third kappa shape index (κ3) is 3.53. The average molecular weight is 357 g/mol. The minimum atomic E-state index is 0.111. The number of amidine groups is 1. The van der Waals surface area contributed by atoms with Crippen LogP contribution < -0.4 is 9.75 Å². The van der Waals surface area contributed by atoms with Crippen LogP contribution in [-0.2, 0) is 0 Å². The lowest BCUT2D eigenvalue weighted by Crippen LogP contribution is -2.31. The van der Waals surface area contributed by atoms with Crippen molar-refractivity contribution in [1.82, 2.24) is 0 Å². The van der Waals surface area contributed by atoms with Crippen LogP contribution in [0.4, 0.5) is 5.69 Å². The summed E-state index contributed by atoms with van der Waals surface area (Å²) in [6, 6.07) is 25.0. The Hall–Kier alpha value is -3.60. The van der Waals surface area contributed by atoms with Crippen molar-refractivity contribution in [3.8, 4) is 11.5 Å². The fourth-order valence-corrected chi connectivity index (χ4v) is 2.96. The molecular formula is C22H19N3O2. The molecule has 27 heavy (non-hydrogen) atoms. The zero-order valence-corrected chi connectivity index (χ0v) is 14.9. The highest BCUT2D eigenvalue weighted by Gasteiger charge is 2.21. The summed E-state index contributed by atoms with van der Waals surface area (Å²) >= 11 is 0. The van der Waals surface area contributed by atoms with Crippen molar-refractivity contribution in [2.24, 2.45) is 10.1 Å². The third-order valence-corrected chi connectivity index (χ3v) is 4.36. The fraction of sp³-hybridized carbons (Fsp3) is 0.0909. The summed E-state index contributed by atoms with van der Waals surface area (Å²) < 4.78 is 5.18. The molecule has 3 aromatic rings. The van der Waals surface area contributed by atoms with E-state index < -0.39 is 0 Å². The van der Waals surface area contributed by atoms with Gasteiger partial charge in [0.15, 0.2) is 5.84 Å². The molecule has 0 unspecified atom stereocenters. The van der Waals surface area contributed by atoms with Gasteiger partial charge in [-0.1, -0.05) is 60.7 Å². The van der Waals surface area contributed by atoms with Gasteiger partial charge in [-0.25, -0.2) is 4.99 Å². The van der Waals surface area contributed by atoms with Crippen LogP contribution in [0.1, 0.15) is 11.1 Å². The van der Waals surface area contributed by atoms with E-state index in [-0.39, 0.29) is 5.75 Å². The predicted octanol–water partition coefficient (Wildman–Crippen LogP) is 4.07. The van der Waals surface area contributed by atoms with Crippen molar-refractivity contribution in [3.05, 3.63) is 90.0 Å². The number of aromatic hydroxyl groups is 1. The lowest BCUT2D eigenvalue weighted by molar-refractivity contribution is 0.407. The highest BCUT2D eigenvalue weighted by molar-refractivity contribution is 6.15. The monoisotopic (exact) mass is 357 g/mol. The van der Waals surface area contributed by atoms with Crippen LogP contribution in [0.3, 0.4) is 0 Å². The van der Waals surface area contributed by atoms with Crippen LogP contribution in [0.25, 0.3) is 0 Å². The van der Waals surface area contributed by atoms with Gasteiger partial charge in [0.1, 0.15) is 17.2 Å². The van der Waals surface area contributed by atoms with Crippen molar-refractivity contribution >= 4 is 17.2 Å². The first kappa shape index (κ1) is 16.8. The van der Waals surface area contributed by atoms with Crippen LogP contribution >= 0.6 is 0 Å². The van der Waals surface area contributed by atoms with Crippen molar-refractivity contribution in [1.29, 1.82) is 0 Å². The molecular weight excluding hydrogens is 338 g/mol. The number of nitrogens with zero attached hydrogens (tertiary/aromatic N) is 3. The number of methoxy groups -OCH3 is 1. The number of hydrogen-bond donors (Lipinski definition) is 1. The van der Waals surface area contributed by atoms with E-state index in [0.717, 1.165) is 16.8 Å². The summed E-state index contributed by atoms with van der Waals surface area (Å²) in [4.78, 5) is 4.78. The molecule has 5 nitrogen and oxygen atoms in total. The van der Waals surface area contributed by atoms with Gasteiger partial charge >= 0.3 is 0 Å². The lowest BCUT2D eigenvalue weighted by atomic mass is 10.1. The molecule has 0 fully saturated rings. The van der Waals surface area contributed by atoms with Gasteiger partial charge in [-0.05, 0) is 17.7 Å². The number of benzene rings is 3. The summed E-state index contributed by atoms with van der Waals surface area (Å²) in [5.74, 6) is 1.31. The molecule has 0 bridgehead atoms. The standard InChI is InChI=1S/C22H19N3O2/c1-27-18-12-13-20(21(26)14-18)25-15-19(16-8-4-2-5-9-16)23-22(24-25)17-10-6-3-7-11-17/h2-14,26H,15H2,1H3. The van der Waals surface area contributed by atoms with E-state index in [1.165, 1.54) is 0 Å². The van der Waals surface area contributed by atoms with Crippen LogP contribution in [0.15, 0.2) is 89.0 Å². The first-order valence-corrected chi connectivity index (χ1v) is 8.66. The van der Waals surface area contributed by atoms with E-state index in [1.54, 1.807) is 30.3 Å². The number of hydrogen-bond acceptors (Lipinski definition) is 5. The molecule has 1 aliphatic heterocycles. The quantitative estimate of drug-likeness (QED) is 0.766. The molecule has 0 atom stereocenters. The second-order valence-corrected chi connectivity index (χ2v) is 6.13. The Labute approximate surface area is 157 Å². The fourth-order valence-electron chi connectivity index (χ4n) is 2.96. The van der Waals surface area contributed by atoms with Crippen molar-refractivity contribution in [2.75, 3.05) is 18.7 Å². The van der Waals surface area contributed by atoms with Gasteiger partial charge in [0.25, 0.3) is 0 Å². The molecule has 1 heterocycles. The number of rotatable bonds is 4. The molecule has 0 aliphatic carbocycles. The summed E-state index contributed by atoms with van der Waals surface area (Å²) in [7, 11) is 1.57. The molecule has 1 aliphatic rings. The zero-order chi connectivity index (χ0) is 18.6. The van der Waals surface area contributed by atoms with Crippen molar-refractivity contribution < 1.29 is 9.84 Å². The summed E-state index contributed by atoms with van der Waals surface area (Å²) in [6.07, 6.45) is 0. The number of phenols is 1. The molecule has 4 rings (SSSR count). The van der Waals surface area contributed by atoms with E-state index >= 15 is 0 Å². The molecule has 0 saturated carbocycles. The molecule has 0 amide bonds. The van der Waals surface area contributed by atoms with Crippen LogP contribution in [0.5, 0.6) is 11.5 Å². The molecule has 134 valence electrons. The SMILES string of the molecule is COc1ccc(N2CC(c3ccccc3)=NC(c3ccccc3)=N2)c(O)c1. The van der Waals surface area contributed by atoms with Gasteiger partial charge in [-0.2, -0.15) is 5.10 Å². The lowest BCUT2D eigenvalue weighted by Gasteiger charge is -2.26. The Morgan fingerprint density at radius 2 is 1.56 bits per heavy atom. The number of aliphatic imine (C=N–C) groups is 1. The Morgan fingerprint density at radius 1 is 0.889 bits per heavy atom. The van der Waals surface area contributed by atoms with Gasteiger partial charge in [0, 0.05) is 11.6 Å². The Kier molecular flexibility index (Phi) is 4.58. The van der Waals surface area contributed by atoms with E-state index in [9.17, 15) is 5.11 Å². The van der Waals surface area contributed by atoms with E-state index in [2.05, 4.69) is 5.10 Å². The average Bonchev–Trinajstić information content (AvgIpc) is 2.74. The van der Waals surface area contributed by atoms with Crippen LogP contribution in [0, 0.1) is 0 Å². The van der Waals surface area contributed by atoms with Crippen molar-refractivity contribution in [3.63, 3.8) is 0 Å². The number of anilines is 1. The molecule has 0 radical (unpaired) electrons. The van der Waals surface area contributed by atoms with Crippen LogP contribution in [-0.4, -0.2) is 30.3 Å². The van der Waals surface area contributed by atoms with Gasteiger partial charge in [0.2, 0.25) is 0 Å². The largest absolute Gasteiger partial charge is 0.506 e. The molecule has 0 aromatic heterocycles. The topological polar surface area (TPSA) is 57.4 Å². The molecule has 0 saturated heterocycles. The summed E-state index contributed by atoms with van der Waals surface area (Å²) in [5, 5.41) is 16.9. The van der Waals surface area contributed by atoms with Gasteiger partial charge in [0.05, 0.1) is 19.4 Å². The maximum atomic E-state index is 10.5. The number of phenolic OH excluding ortho intramolecular Hbond substituents is 1. The highest BCUT2D eigenvalue weighted by Crippen LogP contribution is 2.32. The first-order chi connectivity index (χ1) is 13.2. The second-order valence-electron chi connectivity index (χ2n) is 6.13. The van der Waals surface area contributed by atoms with Gasteiger partial charge in [-0.3, -0.25) is 5.01 Å². The Bertz CT molecular complexity index is 999. The number of ether oxygens (including phenoxy) is 1. The Balaban J connectivity index is 1.79. The van der Waals surface area contributed by atoms with Gasteiger partial charge < -0.3 is 9.84 Å². The third-order valence-electron chi connectivity index (χ3n) is 4.36. The highest BCUT2D eigenvalue weighted by atomic mass is 16.5. The van der Waals surface area contributed by atoms with Crippen LogP contribution in [0.2, 0.25) is 0 Å². The minimum absolute atomic E-state index is 0.111. The predicted molar refractivity (Wildman–Crippen MR) is 108 cm³/mol. The van der Waals surface area contributed by atoms with Gasteiger partial charge in [-0.15, -0.1) is 0 Å². The first-order valence-electron chi connectivity index (χ1n) is 8.66. The number of hydrazone groups is 1. The summed E-state index contributed by atoms with van der Waals surface area (Å²) in [5.41, 5.74) is 3.44. The van der Waals surface area contributed by atoms with E-state index in [0.29, 0.717) is 23.8 Å². The smallest absolute Gasteiger partial charge is 0.179 e. The second kappa shape index (κ2) is 7.33. The molecule has 5 heteroatoms. The maximum Gasteiger partial charge on any atom is 0.179 e. The molecule has 0 spiro atoms. The normalized spacial score (nSPS) is 13.7. The van der Waals surface area contributed by atoms with E-state index in [4.69, 9.17) is 9.73 Å². The van der Waals surface area contributed by atoms with E-state index in [1.807, 2.05) is 60.7 Å². The van der Waals surface area contributed by atoms with Crippen molar-refractivity contribution in [2.45, 2.75) is 0 Å². The zero-order valence-electron chi connectivity index (χ0n) is 14.9. The maximum absolute atomic E-state index is 10.5. The molecule has 1 N–H and O–H groups in total.